The molecule has 1 aliphatic heterocycles. The van der Waals surface area contributed by atoms with E-state index in [-0.39, 0.29) is 17.9 Å². The van der Waals surface area contributed by atoms with Gasteiger partial charge < -0.3 is 19.5 Å². The van der Waals surface area contributed by atoms with Gasteiger partial charge in [0.1, 0.15) is 13.2 Å². The summed E-state index contributed by atoms with van der Waals surface area (Å²) in [5.41, 5.74) is 1.03. The van der Waals surface area contributed by atoms with Crippen molar-refractivity contribution in [2.24, 2.45) is 5.92 Å². The molecule has 1 heterocycles. The highest BCUT2D eigenvalue weighted by Crippen LogP contribution is 2.40. The molecule has 0 aromatic heterocycles. The minimum absolute atomic E-state index is 0.0935. The molecule has 1 fully saturated rings. The molecule has 0 bridgehead atoms. The molecule has 1 aliphatic carbocycles. The lowest BCUT2D eigenvalue weighted by Crippen LogP contribution is -2.35. The van der Waals surface area contributed by atoms with Gasteiger partial charge in [-0.3, -0.25) is 4.79 Å². The fourth-order valence-electron chi connectivity index (χ4n) is 3.76. The SMILES string of the molecule is CC(C)OCCNC(=O)C(c1ccc2c(c1)OCCO2)C1CCCC1. The summed E-state index contributed by atoms with van der Waals surface area (Å²) in [6.45, 7) is 6.22. The number of hydrogen-bond acceptors (Lipinski definition) is 4. The Morgan fingerprint density at radius 2 is 1.92 bits per heavy atom. The van der Waals surface area contributed by atoms with Crippen LogP contribution in [-0.4, -0.2) is 38.4 Å². The molecule has 1 aromatic rings. The maximum atomic E-state index is 12.9. The van der Waals surface area contributed by atoms with E-state index >= 15 is 0 Å². The molecule has 138 valence electrons. The summed E-state index contributed by atoms with van der Waals surface area (Å²) in [6, 6.07) is 5.93. The van der Waals surface area contributed by atoms with E-state index in [4.69, 9.17) is 14.2 Å². The normalized spacial score (nSPS) is 18.4. The second-order valence-electron chi connectivity index (χ2n) is 7.14. The van der Waals surface area contributed by atoms with E-state index in [1.807, 2.05) is 32.0 Å². The van der Waals surface area contributed by atoms with Crippen molar-refractivity contribution >= 4 is 5.91 Å². The van der Waals surface area contributed by atoms with Crippen LogP contribution in [0.15, 0.2) is 18.2 Å². The molecule has 5 nitrogen and oxygen atoms in total. The molecule has 3 rings (SSSR count). The molecular formula is C20H29NO4. The molecule has 1 amide bonds. The lowest BCUT2D eigenvalue weighted by molar-refractivity contribution is -0.124. The highest BCUT2D eigenvalue weighted by atomic mass is 16.6. The van der Waals surface area contributed by atoms with Crippen molar-refractivity contribution in [3.63, 3.8) is 0 Å². The predicted molar refractivity (Wildman–Crippen MR) is 96.2 cm³/mol. The lowest BCUT2D eigenvalue weighted by Gasteiger charge is -2.25. The molecule has 1 unspecified atom stereocenters. The highest BCUT2D eigenvalue weighted by Gasteiger charge is 2.32. The first-order valence-electron chi connectivity index (χ1n) is 9.44. The van der Waals surface area contributed by atoms with Gasteiger partial charge in [0, 0.05) is 6.54 Å². The zero-order valence-corrected chi connectivity index (χ0v) is 15.3. The van der Waals surface area contributed by atoms with Crippen LogP contribution in [0.25, 0.3) is 0 Å². The Morgan fingerprint density at radius 1 is 1.20 bits per heavy atom. The van der Waals surface area contributed by atoms with Crippen LogP contribution in [-0.2, 0) is 9.53 Å². The number of fused-ring (bicyclic) bond motifs is 1. The molecular weight excluding hydrogens is 318 g/mol. The van der Waals surface area contributed by atoms with Crippen molar-refractivity contribution in [1.82, 2.24) is 5.32 Å². The molecule has 1 atom stereocenters. The van der Waals surface area contributed by atoms with Crippen LogP contribution in [0, 0.1) is 5.92 Å². The van der Waals surface area contributed by atoms with Crippen LogP contribution < -0.4 is 14.8 Å². The van der Waals surface area contributed by atoms with E-state index in [0.717, 1.165) is 29.9 Å². The van der Waals surface area contributed by atoms with Crippen LogP contribution >= 0.6 is 0 Å². The van der Waals surface area contributed by atoms with Crippen LogP contribution in [0.4, 0.5) is 0 Å². The summed E-state index contributed by atoms with van der Waals surface area (Å²) in [7, 11) is 0. The zero-order valence-electron chi connectivity index (χ0n) is 15.3. The first-order valence-corrected chi connectivity index (χ1v) is 9.44. The van der Waals surface area contributed by atoms with Gasteiger partial charge in [-0.15, -0.1) is 0 Å². The number of rotatable bonds is 7. The van der Waals surface area contributed by atoms with Crippen molar-refractivity contribution in [1.29, 1.82) is 0 Å². The fourth-order valence-corrected chi connectivity index (χ4v) is 3.76. The number of benzene rings is 1. The summed E-state index contributed by atoms with van der Waals surface area (Å²) in [6.07, 6.45) is 4.80. The van der Waals surface area contributed by atoms with Crippen molar-refractivity contribution < 1.29 is 19.0 Å². The van der Waals surface area contributed by atoms with Gasteiger partial charge in [0.05, 0.1) is 18.6 Å². The average Bonchev–Trinajstić information content (AvgIpc) is 3.13. The average molecular weight is 347 g/mol. The third-order valence-electron chi connectivity index (χ3n) is 4.93. The number of carbonyl (C=O) groups excluding carboxylic acids is 1. The summed E-state index contributed by atoms with van der Waals surface area (Å²) in [4.78, 5) is 12.9. The Labute approximate surface area is 150 Å². The standard InChI is InChI=1S/C20H29NO4/c1-14(2)23-10-9-21-20(22)19(15-5-3-4-6-15)16-7-8-17-18(13-16)25-12-11-24-17/h7-8,13-15,19H,3-6,9-12H2,1-2H3,(H,21,22). The maximum absolute atomic E-state index is 12.9. The maximum Gasteiger partial charge on any atom is 0.227 e. The Kier molecular flexibility index (Phi) is 6.19. The first-order chi connectivity index (χ1) is 12.1. The summed E-state index contributed by atoms with van der Waals surface area (Å²) in [5.74, 6) is 1.88. The van der Waals surface area contributed by atoms with Crippen LogP contribution in [0.1, 0.15) is 51.0 Å². The molecule has 1 N–H and O–H groups in total. The van der Waals surface area contributed by atoms with Crippen LogP contribution in [0.2, 0.25) is 0 Å². The molecule has 0 saturated heterocycles. The second-order valence-corrected chi connectivity index (χ2v) is 7.14. The van der Waals surface area contributed by atoms with Crippen LogP contribution in [0.3, 0.4) is 0 Å². The molecule has 0 radical (unpaired) electrons. The molecule has 25 heavy (non-hydrogen) atoms. The second kappa shape index (κ2) is 8.56. The largest absolute Gasteiger partial charge is 0.486 e. The van der Waals surface area contributed by atoms with Crippen molar-refractivity contribution in [3.8, 4) is 11.5 Å². The molecule has 1 aromatic carbocycles. The number of hydrogen-bond donors (Lipinski definition) is 1. The minimum atomic E-state index is -0.127. The molecule has 2 aliphatic rings. The Hall–Kier alpha value is -1.75. The quantitative estimate of drug-likeness (QED) is 0.769. The van der Waals surface area contributed by atoms with Crippen LogP contribution in [0.5, 0.6) is 11.5 Å². The van der Waals surface area contributed by atoms with Gasteiger partial charge in [0.25, 0.3) is 0 Å². The van der Waals surface area contributed by atoms with Crippen molar-refractivity contribution in [2.45, 2.75) is 51.6 Å². The third kappa shape index (κ3) is 4.66. The van der Waals surface area contributed by atoms with Gasteiger partial charge in [-0.05, 0) is 50.3 Å². The number of amides is 1. The molecule has 1 saturated carbocycles. The van der Waals surface area contributed by atoms with Gasteiger partial charge in [-0.1, -0.05) is 18.9 Å². The predicted octanol–water partition coefficient (Wildman–Crippen LogP) is 3.27. The van der Waals surface area contributed by atoms with E-state index in [9.17, 15) is 4.79 Å². The number of carbonyl (C=O) groups is 1. The molecule has 0 spiro atoms. The minimum Gasteiger partial charge on any atom is -0.486 e. The van der Waals surface area contributed by atoms with Gasteiger partial charge in [-0.2, -0.15) is 0 Å². The monoisotopic (exact) mass is 347 g/mol. The summed E-state index contributed by atoms with van der Waals surface area (Å²) >= 11 is 0. The number of ether oxygens (including phenoxy) is 3. The van der Waals surface area contributed by atoms with Crippen molar-refractivity contribution in [3.05, 3.63) is 23.8 Å². The van der Waals surface area contributed by atoms with Crippen molar-refractivity contribution in [2.75, 3.05) is 26.4 Å². The Morgan fingerprint density at radius 3 is 2.64 bits per heavy atom. The fraction of sp³-hybridized carbons (Fsp3) is 0.650. The Balaban J connectivity index is 1.72. The van der Waals surface area contributed by atoms with Gasteiger partial charge in [0.2, 0.25) is 5.91 Å². The smallest absolute Gasteiger partial charge is 0.227 e. The first kappa shape index (κ1) is 18.1. The van der Waals surface area contributed by atoms with Gasteiger partial charge in [-0.25, -0.2) is 0 Å². The van der Waals surface area contributed by atoms with Gasteiger partial charge >= 0.3 is 0 Å². The van der Waals surface area contributed by atoms with E-state index in [2.05, 4.69) is 5.32 Å². The lowest BCUT2D eigenvalue weighted by atomic mass is 9.84. The zero-order chi connectivity index (χ0) is 17.6. The Bertz CT molecular complexity index is 581. The van der Waals surface area contributed by atoms with Gasteiger partial charge in [0.15, 0.2) is 11.5 Å². The highest BCUT2D eigenvalue weighted by molar-refractivity contribution is 5.84. The number of nitrogens with one attached hydrogen (secondary N) is 1. The topological polar surface area (TPSA) is 56.8 Å². The van der Waals surface area contributed by atoms with E-state index in [0.29, 0.717) is 32.3 Å². The summed E-state index contributed by atoms with van der Waals surface area (Å²) in [5, 5.41) is 3.06. The summed E-state index contributed by atoms with van der Waals surface area (Å²) < 4.78 is 16.8. The van der Waals surface area contributed by atoms with E-state index < -0.39 is 0 Å². The molecule has 5 heteroatoms. The third-order valence-corrected chi connectivity index (χ3v) is 4.93. The van der Waals surface area contributed by atoms with E-state index in [1.54, 1.807) is 0 Å². The van der Waals surface area contributed by atoms with E-state index in [1.165, 1.54) is 12.8 Å².